The molecule has 0 fully saturated rings. The molecule has 3 aromatic heterocycles. The molecule has 0 radical (unpaired) electrons. The molecule has 90 valence electrons. The second-order valence-electron chi connectivity index (χ2n) is 3.51. The van der Waals surface area contributed by atoms with Crippen LogP contribution in [0.2, 0.25) is 0 Å². The number of aromatic nitrogens is 5. The van der Waals surface area contributed by atoms with Gasteiger partial charge in [0.15, 0.2) is 5.65 Å². The van der Waals surface area contributed by atoms with Crippen molar-refractivity contribution in [3.63, 3.8) is 0 Å². The molecule has 3 aromatic rings. The van der Waals surface area contributed by atoms with Gasteiger partial charge < -0.3 is 5.32 Å². The van der Waals surface area contributed by atoms with Crippen molar-refractivity contribution in [3.8, 4) is 0 Å². The second kappa shape index (κ2) is 4.61. The van der Waals surface area contributed by atoms with E-state index in [0.717, 1.165) is 21.6 Å². The van der Waals surface area contributed by atoms with Crippen LogP contribution in [0.25, 0.3) is 5.65 Å². The number of hydrogen-bond donors (Lipinski definition) is 1. The predicted octanol–water partition coefficient (Wildman–Crippen LogP) is 1.71. The third-order valence-corrected chi connectivity index (χ3v) is 3.21. The van der Waals surface area contributed by atoms with E-state index in [1.165, 1.54) is 11.8 Å². The molecule has 0 bridgehead atoms. The molecule has 0 aromatic carbocycles. The minimum atomic E-state index is 0.730. The molecule has 3 rings (SSSR count). The summed E-state index contributed by atoms with van der Waals surface area (Å²) in [7, 11) is 1.81. The Hall–Kier alpha value is -2.15. The van der Waals surface area contributed by atoms with Gasteiger partial charge in [-0.2, -0.15) is 0 Å². The summed E-state index contributed by atoms with van der Waals surface area (Å²) in [5.41, 5.74) is 0.817. The first-order chi connectivity index (χ1) is 8.86. The maximum Gasteiger partial charge on any atom is 0.201 e. The Kier molecular flexibility index (Phi) is 2.81. The number of nitrogens with zero attached hydrogens (tertiary/aromatic N) is 5. The van der Waals surface area contributed by atoms with Crippen LogP contribution >= 0.6 is 11.8 Å². The van der Waals surface area contributed by atoms with E-state index in [4.69, 9.17) is 0 Å². The molecule has 1 N–H and O–H groups in total. The van der Waals surface area contributed by atoms with Crippen LogP contribution in [0.15, 0.2) is 47.0 Å². The Labute approximate surface area is 107 Å². The summed E-state index contributed by atoms with van der Waals surface area (Å²) in [6.45, 7) is 0. The van der Waals surface area contributed by atoms with Gasteiger partial charge in [0.25, 0.3) is 0 Å². The van der Waals surface area contributed by atoms with Crippen molar-refractivity contribution >= 4 is 23.2 Å². The van der Waals surface area contributed by atoms with E-state index >= 15 is 0 Å². The second-order valence-corrected chi connectivity index (χ2v) is 4.49. The smallest absolute Gasteiger partial charge is 0.201 e. The molecule has 0 saturated carbocycles. The summed E-state index contributed by atoms with van der Waals surface area (Å²) in [6, 6.07) is 5.78. The van der Waals surface area contributed by atoms with Crippen molar-refractivity contribution in [2.24, 2.45) is 0 Å². The highest BCUT2D eigenvalue weighted by atomic mass is 32.2. The van der Waals surface area contributed by atoms with Crippen LogP contribution in [0, 0.1) is 0 Å². The zero-order chi connectivity index (χ0) is 12.4. The number of pyridine rings is 1. The number of hydrogen-bond acceptors (Lipinski definition) is 6. The first-order valence-electron chi connectivity index (χ1n) is 5.34. The summed E-state index contributed by atoms with van der Waals surface area (Å²) < 4.78 is 1.92. The number of rotatable bonds is 3. The van der Waals surface area contributed by atoms with Gasteiger partial charge in [-0.1, -0.05) is 6.07 Å². The fraction of sp³-hybridized carbons (Fsp3) is 0.0909. The molecule has 0 saturated heterocycles. The fourth-order valence-electron chi connectivity index (χ4n) is 1.50. The van der Waals surface area contributed by atoms with Crippen LogP contribution in [0.5, 0.6) is 0 Å². The van der Waals surface area contributed by atoms with E-state index in [-0.39, 0.29) is 0 Å². The van der Waals surface area contributed by atoms with Crippen molar-refractivity contribution in [1.82, 2.24) is 24.6 Å². The number of fused-ring (bicyclic) bond motifs is 1. The summed E-state index contributed by atoms with van der Waals surface area (Å²) in [4.78, 5) is 8.49. The highest BCUT2D eigenvalue weighted by molar-refractivity contribution is 7.99. The zero-order valence-corrected chi connectivity index (χ0v) is 10.4. The maximum absolute atomic E-state index is 4.38. The molecule has 0 aliphatic carbocycles. The third kappa shape index (κ3) is 2.00. The van der Waals surface area contributed by atoms with Crippen LogP contribution in [-0.4, -0.2) is 31.6 Å². The Morgan fingerprint density at radius 2 is 2.17 bits per heavy atom. The lowest BCUT2D eigenvalue weighted by Crippen LogP contribution is -1.94. The van der Waals surface area contributed by atoms with Crippen molar-refractivity contribution in [1.29, 1.82) is 0 Å². The molecule has 3 heterocycles. The lowest BCUT2D eigenvalue weighted by molar-refractivity contribution is 0.914. The normalized spacial score (nSPS) is 10.7. The van der Waals surface area contributed by atoms with Gasteiger partial charge in [0.05, 0.1) is 12.4 Å². The molecule has 0 spiro atoms. The van der Waals surface area contributed by atoms with Gasteiger partial charge in [0.1, 0.15) is 10.8 Å². The van der Waals surface area contributed by atoms with E-state index in [2.05, 4.69) is 25.5 Å². The number of nitrogens with one attached hydrogen (secondary N) is 1. The van der Waals surface area contributed by atoms with Crippen LogP contribution in [0.1, 0.15) is 0 Å². The highest BCUT2D eigenvalue weighted by Gasteiger charge is 2.08. The van der Waals surface area contributed by atoms with Crippen molar-refractivity contribution < 1.29 is 0 Å². The van der Waals surface area contributed by atoms with Crippen LogP contribution in [0.3, 0.4) is 0 Å². The van der Waals surface area contributed by atoms with Crippen LogP contribution in [-0.2, 0) is 0 Å². The first-order valence-corrected chi connectivity index (χ1v) is 6.16. The van der Waals surface area contributed by atoms with Gasteiger partial charge in [-0.05, 0) is 23.9 Å². The molecule has 18 heavy (non-hydrogen) atoms. The minimum absolute atomic E-state index is 0.730. The summed E-state index contributed by atoms with van der Waals surface area (Å²) >= 11 is 1.43. The molecule has 0 atom stereocenters. The summed E-state index contributed by atoms with van der Waals surface area (Å²) in [5, 5.41) is 12.7. The monoisotopic (exact) mass is 258 g/mol. The number of anilines is 1. The van der Waals surface area contributed by atoms with Crippen LogP contribution in [0.4, 0.5) is 5.82 Å². The Morgan fingerprint density at radius 1 is 1.22 bits per heavy atom. The maximum atomic E-state index is 4.38. The topological polar surface area (TPSA) is 68.0 Å². The molecular weight excluding hydrogens is 248 g/mol. The summed E-state index contributed by atoms with van der Waals surface area (Å²) in [5.74, 6) is 0.730. The fourth-order valence-corrected chi connectivity index (χ4v) is 2.28. The molecule has 0 aliphatic heterocycles. The van der Waals surface area contributed by atoms with Gasteiger partial charge in [-0.15, -0.1) is 10.2 Å². The largest absolute Gasteiger partial charge is 0.372 e. The Morgan fingerprint density at radius 3 is 3.06 bits per heavy atom. The molecule has 0 unspecified atom stereocenters. The average molecular weight is 258 g/mol. The average Bonchev–Trinajstić information content (AvgIpc) is 2.83. The molecule has 0 aliphatic rings. The van der Waals surface area contributed by atoms with E-state index < -0.39 is 0 Å². The van der Waals surface area contributed by atoms with E-state index in [9.17, 15) is 0 Å². The molecular formula is C11H10N6S. The third-order valence-electron chi connectivity index (χ3n) is 2.35. The van der Waals surface area contributed by atoms with Gasteiger partial charge in [0, 0.05) is 13.2 Å². The van der Waals surface area contributed by atoms with Gasteiger partial charge in [-0.25, -0.2) is 4.98 Å². The zero-order valence-electron chi connectivity index (χ0n) is 9.61. The quantitative estimate of drug-likeness (QED) is 0.771. The summed E-state index contributed by atoms with van der Waals surface area (Å²) in [6.07, 6.45) is 5.30. The lowest BCUT2D eigenvalue weighted by atomic mass is 10.5. The van der Waals surface area contributed by atoms with Crippen LogP contribution < -0.4 is 5.32 Å². The van der Waals surface area contributed by atoms with Crippen molar-refractivity contribution in [3.05, 3.63) is 36.8 Å². The molecule has 0 amide bonds. The minimum Gasteiger partial charge on any atom is -0.372 e. The van der Waals surface area contributed by atoms with Crippen molar-refractivity contribution in [2.75, 3.05) is 12.4 Å². The Balaban J connectivity index is 1.96. The standard InChI is InChI=1S/C11H10N6S/c1-12-8-6-13-7-10(14-8)18-11-16-15-9-4-2-3-5-17(9)11/h2-7H,1H3,(H,12,14). The van der Waals surface area contributed by atoms with Gasteiger partial charge in [-0.3, -0.25) is 9.38 Å². The molecule has 6 nitrogen and oxygen atoms in total. The van der Waals surface area contributed by atoms with E-state index in [1.54, 1.807) is 12.4 Å². The Bertz CT molecular complexity index is 680. The first kappa shape index (κ1) is 11.0. The van der Waals surface area contributed by atoms with Crippen molar-refractivity contribution in [2.45, 2.75) is 10.2 Å². The van der Waals surface area contributed by atoms with Gasteiger partial charge >= 0.3 is 0 Å². The molecule has 7 heteroatoms. The van der Waals surface area contributed by atoms with E-state index in [0.29, 0.717) is 0 Å². The van der Waals surface area contributed by atoms with E-state index in [1.807, 2.05) is 35.8 Å². The van der Waals surface area contributed by atoms with Gasteiger partial charge in [0.2, 0.25) is 5.16 Å². The lowest BCUT2D eigenvalue weighted by Gasteiger charge is -2.01. The SMILES string of the molecule is CNc1cncc(Sc2nnc3ccccn23)n1. The highest BCUT2D eigenvalue weighted by Crippen LogP contribution is 2.24. The predicted molar refractivity (Wildman–Crippen MR) is 68.7 cm³/mol.